The fraction of sp³-hybridized carbons (Fsp3) is 0.600. The number of nitrogens with one attached hydrogen (secondary N) is 1. The van der Waals surface area contributed by atoms with Crippen molar-refractivity contribution in [2.45, 2.75) is 52.0 Å². The van der Waals surface area contributed by atoms with Gasteiger partial charge in [0.25, 0.3) is 5.69 Å². The Bertz CT molecular complexity index is 424. The highest BCUT2D eigenvalue weighted by Gasteiger charge is 2.09. The number of nitrogens with zero attached hydrogens (tertiary/aromatic N) is 1. The number of benzene rings is 1. The number of halogens is 1. The molecular formula is C15H23FN2O2. The molecule has 0 atom stereocenters. The molecule has 0 heterocycles. The Morgan fingerprint density at radius 3 is 2.55 bits per heavy atom. The molecule has 5 heteroatoms. The van der Waals surface area contributed by atoms with Crippen molar-refractivity contribution in [2.24, 2.45) is 0 Å². The second kappa shape index (κ2) is 9.42. The zero-order chi connectivity index (χ0) is 14.8. The van der Waals surface area contributed by atoms with E-state index in [1.165, 1.54) is 44.2 Å². The van der Waals surface area contributed by atoms with E-state index in [0.717, 1.165) is 19.0 Å². The van der Waals surface area contributed by atoms with Crippen LogP contribution in [0.4, 0.5) is 10.1 Å². The SMILES string of the molecule is CCCCCCCCNCc1cc(F)cc([N+](=O)[O-])c1. The van der Waals surface area contributed by atoms with Gasteiger partial charge >= 0.3 is 0 Å². The number of non-ortho nitro benzene ring substituents is 1. The largest absolute Gasteiger partial charge is 0.313 e. The van der Waals surface area contributed by atoms with Crippen molar-refractivity contribution in [2.75, 3.05) is 6.54 Å². The molecule has 1 aromatic rings. The van der Waals surface area contributed by atoms with Gasteiger partial charge in [-0.3, -0.25) is 10.1 Å². The van der Waals surface area contributed by atoms with Crippen LogP contribution in [0.5, 0.6) is 0 Å². The van der Waals surface area contributed by atoms with Crippen LogP contribution in [-0.4, -0.2) is 11.5 Å². The van der Waals surface area contributed by atoms with Crippen molar-refractivity contribution in [3.05, 3.63) is 39.7 Å². The molecule has 4 nitrogen and oxygen atoms in total. The summed E-state index contributed by atoms with van der Waals surface area (Å²) in [6.07, 6.45) is 7.35. The Hall–Kier alpha value is -1.49. The maximum absolute atomic E-state index is 13.2. The zero-order valence-corrected chi connectivity index (χ0v) is 12.0. The van der Waals surface area contributed by atoms with Crippen molar-refractivity contribution in [3.8, 4) is 0 Å². The Morgan fingerprint density at radius 1 is 1.15 bits per heavy atom. The highest BCUT2D eigenvalue weighted by Crippen LogP contribution is 2.16. The van der Waals surface area contributed by atoms with Gasteiger partial charge in [-0.15, -0.1) is 0 Å². The maximum atomic E-state index is 13.2. The molecule has 0 aromatic heterocycles. The first-order valence-corrected chi connectivity index (χ1v) is 7.28. The Balaban J connectivity index is 2.23. The maximum Gasteiger partial charge on any atom is 0.272 e. The molecule has 0 aliphatic heterocycles. The van der Waals surface area contributed by atoms with E-state index in [-0.39, 0.29) is 5.69 Å². The van der Waals surface area contributed by atoms with Crippen molar-refractivity contribution in [3.63, 3.8) is 0 Å². The molecule has 0 aliphatic rings. The van der Waals surface area contributed by atoms with Crippen LogP contribution >= 0.6 is 0 Å². The van der Waals surface area contributed by atoms with Crippen LogP contribution in [0.15, 0.2) is 18.2 Å². The number of hydrogen-bond acceptors (Lipinski definition) is 3. The summed E-state index contributed by atoms with van der Waals surface area (Å²) >= 11 is 0. The lowest BCUT2D eigenvalue weighted by atomic mass is 10.1. The number of nitro groups is 1. The number of hydrogen-bond donors (Lipinski definition) is 1. The van der Waals surface area contributed by atoms with E-state index in [0.29, 0.717) is 12.1 Å². The van der Waals surface area contributed by atoms with E-state index >= 15 is 0 Å². The minimum Gasteiger partial charge on any atom is -0.313 e. The zero-order valence-electron chi connectivity index (χ0n) is 12.0. The van der Waals surface area contributed by atoms with Crippen molar-refractivity contribution in [1.29, 1.82) is 0 Å². The molecule has 0 spiro atoms. The predicted molar refractivity (Wildman–Crippen MR) is 78.1 cm³/mol. The van der Waals surface area contributed by atoms with Gasteiger partial charge < -0.3 is 5.32 Å². The smallest absolute Gasteiger partial charge is 0.272 e. The standard InChI is InChI=1S/C15H23FN2O2/c1-2-3-4-5-6-7-8-17-12-13-9-14(16)11-15(10-13)18(19)20/h9-11,17H,2-8,12H2,1H3. The van der Waals surface area contributed by atoms with Gasteiger partial charge in [0, 0.05) is 12.6 Å². The van der Waals surface area contributed by atoms with E-state index < -0.39 is 10.7 Å². The van der Waals surface area contributed by atoms with Gasteiger partial charge in [0.05, 0.1) is 11.0 Å². The Morgan fingerprint density at radius 2 is 1.85 bits per heavy atom. The first kappa shape index (κ1) is 16.6. The predicted octanol–water partition coefficient (Wildman–Crippen LogP) is 4.18. The van der Waals surface area contributed by atoms with Gasteiger partial charge in [0.1, 0.15) is 5.82 Å². The molecule has 0 radical (unpaired) electrons. The van der Waals surface area contributed by atoms with E-state index in [1.807, 2.05) is 0 Å². The number of nitro benzene ring substituents is 1. The van der Waals surface area contributed by atoms with E-state index in [1.54, 1.807) is 0 Å². The summed E-state index contributed by atoms with van der Waals surface area (Å²) in [7, 11) is 0. The number of rotatable bonds is 10. The van der Waals surface area contributed by atoms with Crippen LogP contribution in [-0.2, 0) is 6.54 Å². The molecular weight excluding hydrogens is 259 g/mol. The normalized spacial score (nSPS) is 10.7. The second-order valence-electron chi connectivity index (χ2n) is 5.02. The lowest BCUT2D eigenvalue weighted by Crippen LogP contribution is -2.14. The van der Waals surface area contributed by atoms with Gasteiger partial charge in [0.2, 0.25) is 0 Å². The Kier molecular flexibility index (Phi) is 7.80. The lowest BCUT2D eigenvalue weighted by Gasteiger charge is -2.05. The Labute approximate surface area is 119 Å². The average Bonchev–Trinajstić information content (AvgIpc) is 2.41. The van der Waals surface area contributed by atoms with Crippen molar-refractivity contribution >= 4 is 5.69 Å². The molecule has 1 rings (SSSR count). The molecule has 112 valence electrons. The monoisotopic (exact) mass is 282 g/mol. The average molecular weight is 282 g/mol. The molecule has 0 saturated carbocycles. The summed E-state index contributed by atoms with van der Waals surface area (Å²) < 4.78 is 13.2. The van der Waals surface area contributed by atoms with Gasteiger partial charge in [0.15, 0.2) is 0 Å². The van der Waals surface area contributed by atoms with Gasteiger partial charge in [-0.2, -0.15) is 0 Å². The number of unbranched alkanes of at least 4 members (excludes halogenated alkanes) is 5. The van der Waals surface area contributed by atoms with Crippen molar-refractivity contribution < 1.29 is 9.31 Å². The topological polar surface area (TPSA) is 55.2 Å². The molecule has 0 unspecified atom stereocenters. The molecule has 1 aromatic carbocycles. The minimum absolute atomic E-state index is 0.193. The molecule has 1 N–H and O–H groups in total. The van der Waals surface area contributed by atoms with Crippen LogP contribution in [0, 0.1) is 15.9 Å². The summed E-state index contributed by atoms with van der Waals surface area (Å²) in [5, 5.41) is 13.8. The molecule has 0 saturated heterocycles. The summed E-state index contributed by atoms with van der Waals surface area (Å²) in [6.45, 7) is 3.52. The van der Waals surface area contributed by atoms with Crippen LogP contribution in [0.2, 0.25) is 0 Å². The van der Waals surface area contributed by atoms with Gasteiger partial charge in [-0.25, -0.2) is 4.39 Å². The van der Waals surface area contributed by atoms with Crippen molar-refractivity contribution in [1.82, 2.24) is 5.32 Å². The molecule has 0 fully saturated rings. The molecule has 0 amide bonds. The third-order valence-corrected chi connectivity index (χ3v) is 3.19. The minimum atomic E-state index is -0.569. The summed E-state index contributed by atoms with van der Waals surface area (Å²) in [5.74, 6) is -0.560. The first-order chi connectivity index (χ1) is 9.63. The van der Waals surface area contributed by atoms with Crippen LogP contribution in [0.1, 0.15) is 51.0 Å². The highest BCUT2D eigenvalue weighted by atomic mass is 19.1. The second-order valence-corrected chi connectivity index (χ2v) is 5.02. The summed E-state index contributed by atoms with van der Waals surface area (Å²) in [5.41, 5.74) is 0.420. The van der Waals surface area contributed by atoms with Crippen LogP contribution in [0.3, 0.4) is 0 Å². The third-order valence-electron chi connectivity index (χ3n) is 3.19. The van der Waals surface area contributed by atoms with Crippen LogP contribution in [0.25, 0.3) is 0 Å². The molecule has 0 aliphatic carbocycles. The summed E-state index contributed by atoms with van der Waals surface area (Å²) in [4.78, 5) is 10.1. The lowest BCUT2D eigenvalue weighted by molar-refractivity contribution is -0.385. The first-order valence-electron chi connectivity index (χ1n) is 7.28. The highest BCUT2D eigenvalue weighted by molar-refractivity contribution is 5.35. The van der Waals surface area contributed by atoms with Crippen LogP contribution < -0.4 is 5.32 Å². The van der Waals surface area contributed by atoms with E-state index in [9.17, 15) is 14.5 Å². The fourth-order valence-electron chi connectivity index (χ4n) is 2.10. The van der Waals surface area contributed by atoms with E-state index in [2.05, 4.69) is 12.2 Å². The quantitative estimate of drug-likeness (QED) is 0.398. The van der Waals surface area contributed by atoms with E-state index in [4.69, 9.17) is 0 Å². The molecule has 0 bridgehead atoms. The fourth-order valence-corrected chi connectivity index (χ4v) is 2.10. The molecule has 20 heavy (non-hydrogen) atoms. The van der Waals surface area contributed by atoms with Gasteiger partial charge in [-0.1, -0.05) is 39.0 Å². The summed E-state index contributed by atoms with van der Waals surface area (Å²) in [6, 6.07) is 3.69. The van der Waals surface area contributed by atoms with Gasteiger partial charge in [-0.05, 0) is 24.6 Å². The third kappa shape index (κ3) is 6.61.